The van der Waals surface area contributed by atoms with E-state index in [2.05, 4.69) is 4.90 Å². The highest BCUT2D eigenvalue weighted by molar-refractivity contribution is 5.68. The number of nitrogens with zero attached hydrogens (tertiary/aromatic N) is 2. The first-order valence-electron chi connectivity index (χ1n) is 10.2. The van der Waals surface area contributed by atoms with Crippen LogP contribution in [-0.2, 0) is 9.53 Å². The van der Waals surface area contributed by atoms with Crippen molar-refractivity contribution in [2.24, 2.45) is 0 Å². The lowest BCUT2D eigenvalue weighted by atomic mass is 9.95. The summed E-state index contributed by atoms with van der Waals surface area (Å²) in [5, 5.41) is 8.52. The molecule has 1 aliphatic rings. The zero-order valence-electron chi connectivity index (χ0n) is 17.3. The zero-order valence-corrected chi connectivity index (χ0v) is 17.3. The molecule has 0 spiro atoms. The van der Waals surface area contributed by atoms with Gasteiger partial charge in [-0.25, -0.2) is 22.4 Å². The van der Waals surface area contributed by atoms with Gasteiger partial charge in [0.05, 0.1) is 12.6 Å². The second-order valence-electron chi connectivity index (χ2n) is 7.45. The van der Waals surface area contributed by atoms with Crippen LogP contribution in [0.25, 0.3) is 0 Å². The molecule has 0 radical (unpaired) electrons. The third kappa shape index (κ3) is 6.38. The summed E-state index contributed by atoms with van der Waals surface area (Å²) < 4.78 is 61.1. The minimum Gasteiger partial charge on any atom is -0.480 e. The van der Waals surface area contributed by atoms with Crippen molar-refractivity contribution < 1.29 is 32.2 Å². The molecule has 172 valence electrons. The van der Waals surface area contributed by atoms with E-state index < -0.39 is 35.3 Å². The Morgan fingerprint density at radius 1 is 0.938 bits per heavy atom. The smallest absolute Gasteiger partial charge is 0.329 e. The van der Waals surface area contributed by atoms with Gasteiger partial charge < -0.3 is 9.84 Å². The van der Waals surface area contributed by atoms with Crippen molar-refractivity contribution >= 4 is 5.97 Å². The highest BCUT2D eigenvalue weighted by atomic mass is 19.1. The molecule has 0 amide bonds. The molecule has 3 rings (SSSR count). The number of hydrogen-bond donors (Lipinski definition) is 1. The van der Waals surface area contributed by atoms with Crippen LogP contribution in [0.5, 0.6) is 0 Å². The predicted molar refractivity (Wildman–Crippen MR) is 110 cm³/mol. The van der Waals surface area contributed by atoms with E-state index in [1.807, 2.05) is 11.0 Å². The summed E-state index contributed by atoms with van der Waals surface area (Å²) in [6.07, 6.45) is 3.61. The lowest BCUT2D eigenvalue weighted by Gasteiger charge is -2.39. The molecule has 2 aromatic rings. The lowest BCUT2D eigenvalue weighted by molar-refractivity contribution is -0.141. The fraction of sp³-hybridized carbons (Fsp3) is 0.348. The van der Waals surface area contributed by atoms with E-state index in [0.29, 0.717) is 32.7 Å². The normalized spacial score (nSPS) is 15.7. The number of hydrogen-bond acceptors (Lipinski definition) is 4. The van der Waals surface area contributed by atoms with Crippen molar-refractivity contribution in [1.82, 2.24) is 9.80 Å². The van der Waals surface area contributed by atoms with Gasteiger partial charge in [0.2, 0.25) is 0 Å². The van der Waals surface area contributed by atoms with Gasteiger partial charge in [-0.1, -0.05) is 24.3 Å². The number of benzene rings is 2. The Kier molecular flexibility index (Phi) is 8.38. The molecule has 1 saturated heterocycles. The molecular formula is C23H24F4N2O3. The fourth-order valence-electron chi connectivity index (χ4n) is 3.72. The molecule has 0 unspecified atom stereocenters. The van der Waals surface area contributed by atoms with Crippen LogP contribution in [0.3, 0.4) is 0 Å². The van der Waals surface area contributed by atoms with Crippen molar-refractivity contribution in [3.05, 3.63) is 82.9 Å². The van der Waals surface area contributed by atoms with Crippen molar-refractivity contribution in [3.8, 4) is 0 Å². The number of carboxylic acids is 1. The Balaban J connectivity index is 1.69. The standard InChI is InChI=1S/C23H24F4N2O3/c24-16-3-5-18(20(26)13-16)23(19-6-4-17(25)14-21(19)27)29-10-8-28(9-11-29)7-1-2-12-32-15-22(30)31/h1-6,13-14,23H,7-12,15H2,(H,30,31)/b2-1-. The van der Waals surface area contributed by atoms with E-state index in [1.165, 1.54) is 12.1 Å². The minimum absolute atomic E-state index is 0.126. The minimum atomic E-state index is -1.03. The monoisotopic (exact) mass is 452 g/mol. The van der Waals surface area contributed by atoms with E-state index in [-0.39, 0.29) is 24.3 Å². The molecule has 0 saturated carbocycles. The number of carbonyl (C=O) groups is 1. The number of halogens is 4. The van der Waals surface area contributed by atoms with Gasteiger partial charge in [0.1, 0.15) is 29.9 Å². The Labute approximate surface area is 183 Å². The number of ether oxygens (including phenoxy) is 1. The summed E-state index contributed by atoms with van der Waals surface area (Å²) in [4.78, 5) is 14.4. The Morgan fingerprint density at radius 2 is 1.50 bits per heavy atom. The van der Waals surface area contributed by atoms with Gasteiger partial charge in [-0.05, 0) is 12.1 Å². The molecule has 9 heteroatoms. The molecule has 0 aliphatic carbocycles. The second-order valence-corrected chi connectivity index (χ2v) is 7.45. The van der Waals surface area contributed by atoms with Gasteiger partial charge in [0, 0.05) is 56.0 Å². The summed E-state index contributed by atoms with van der Waals surface area (Å²) in [6, 6.07) is 5.54. The Morgan fingerprint density at radius 3 is 2.00 bits per heavy atom. The summed E-state index contributed by atoms with van der Waals surface area (Å²) >= 11 is 0. The predicted octanol–water partition coefficient (Wildman–Crippen LogP) is 3.61. The first-order chi connectivity index (χ1) is 15.3. The highest BCUT2D eigenvalue weighted by Crippen LogP contribution is 2.33. The van der Waals surface area contributed by atoms with E-state index in [0.717, 1.165) is 24.3 Å². The fourth-order valence-corrected chi connectivity index (χ4v) is 3.72. The van der Waals surface area contributed by atoms with Crippen molar-refractivity contribution in [2.45, 2.75) is 6.04 Å². The average Bonchev–Trinajstić information content (AvgIpc) is 2.74. The van der Waals surface area contributed by atoms with Crippen LogP contribution < -0.4 is 0 Å². The van der Waals surface area contributed by atoms with Crippen molar-refractivity contribution in [1.29, 1.82) is 0 Å². The van der Waals surface area contributed by atoms with Crippen LogP contribution in [0.15, 0.2) is 48.6 Å². The molecule has 1 aliphatic heterocycles. The van der Waals surface area contributed by atoms with Gasteiger partial charge in [0.25, 0.3) is 0 Å². The van der Waals surface area contributed by atoms with Crippen LogP contribution in [0, 0.1) is 23.3 Å². The maximum atomic E-state index is 14.6. The maximum absolute atomic E-state index is 14.6. The van der Waals surface area contributed by atoms with Gasteiger partial charge in [0.15, 0.2) is 0 Å². The molecular weight excluding hydrogens is 428 g/mol. The summed E-state index contributed by atoms with van der Waals surface area (Å²) in [5.74, 6) is -4.06. The lowest BCUT2D eigenvalue weighted by Crippen LogP contribution is -2.48. The quantitative estimate of drug-likeness (QED) is 0.358. The first-order valence-corrected chi connectivity index (χ1v) is 10.2. The third-order valence-electron chi connectivity index (χ3n) is 5.26. The van der Waals surface area contributed by atoms with Gasteiger partial charge in [-0.2, -0.15) is 0 Å². The molecule has 0 atom stereocenters. The Hall–Kier alpha value is -2.75. The Bertz CT molecular complexity index is 911. The topological polar surface area (TPSA) is 53.0 Å². The van der Waals surface area contributed by atoms with Crippen molar-refractivity contribution in [2.75, 3.05) is 45.9 Å². The maximum Gasteiger partial charge on any atom is 0.329 e. The van der Waals surface area contributed by atoms with Crippen LogP contribution in [-0.4, -0.2) is 66.8 Å². The van der Waals surface area contributed by atoms with Crippen LogP contribution in [0.2, 0.25) is 0 Å². The molecule has 5 nitrogen and oxygen atoms in total. The van der Waals surface area contributed by atoms with E-state index in [4.69, 9.17) is 9.84 Å². The summed E-state index contributed by atoms with van der Waals surface area (Å²) in [6.45, 7) is 2.66. The third-order valence-corrected chi connectivity index (χ3v) is 5.26. The van der Waals surface area contributed by atoms with Gasteiger partial charge in [-0.3, -0.25) is 9.80 Å². The average molecular weight is 452 g/mol. The summed E-state index contributed by atoms with van der Waals surface area (Å²) in [7, 11) is 0. The van der Waals surface area contributed by atoms with E-state index in [9.17, 15) is 22.4 Å². The summed E-state index contributed by atoms with van der Waals surface area (Å²) in [5.41, 5.74) is 0.252. The number of aliphatic carboxylic acids is 1. The van der Waals surface area contributed by atoms with Crippen molar-refractivity contribution in [3.63, 3.8) is 0 Å². The van der Waals surface area contributed by atoms with Gasteiger partial charge in [-0.15, -0.1) is 0 Å². The molecule has 1 N–H and O–H groups in total. The van der Waals surface area contributed by atoms with Crippen LogP contribution in [0.1, 0.15) is 17.2 Å². The molecule has 0 bridgehead atoms. The van der Waals surface area contributed by atoms with E-state index in [1.54, 1.807) is 6.08 Å². The van der Waals surface area contributed by atoms with Gasteiger partial charge >= 0.3 is 5.97 Å². The first kappa shape index (κ1) is 23.9. The molecule has 1 heterocycles. The van der Waals surface area contributed by atoms with E-state index >= 15 is 0 Å². The highest BCUT2D eigenvalue weighted by Gasteiger charge is 2.30. The zero-order chi connectivity index (χ0) is 23.1. The number of carboxylic acid groups (broad SMARTS) is 1. The second kappa shape index (κ2) is 11.2. The molecule has 2 aromatic carbocycles. The molecule has 32 heavy (non-hydrogen) atoms. The van der Waals surface area contributed by atoms with Crippen LogP contribution >= 0.6 is 0 Å². The largest absolute Gasteiger partial charge is 0.480 e. The molecule has 0 aromatic heterocycles. The SMILES string of the molecule is O=C(O)COC/C=C\CN1CCN(C(c2ccc(F)cc2F)c2ccc(F)cc2F)CC1. The van der Waals surface area contributed by atoms with Crippen LogP contribution in [0.4, 0.5) is 17.6 Å². The number of rotatable bonds is 9. The molecule has 1 fully saturated rings. The number of piperazine rings is 1.